The summed E-state index contributed by atoms with van der Waals surface area (Å²) in [6.07, 6.45) is 0.973. The second-order valence-electron chi connectivity index (χ2n) is 5.84. The van der Waals surface area contributed by atoms with Gasteiger partial charge in [0, 0.05) is 11.4 Å². The Morgan fingerprint density at radius 3 is 2.62 bits per heavy atom. The number of aromatic nitrogens is 2. The largest absolute Gasteiger partial charge is 0.325 e. The van der Waals surface area contributed by atoms with Crippen molar-refractivity contribution in [1.29, 1.82) is 0 Å². The molecule has 0 saturated heterocycles. The lowest BCUT2D eigenvalue weighted by Gasteiger charge is -2.07. The lowest BCUT2D eigenvalue weighted by Crippen LogP contribution is -2.19. The topological polar surface area (TPSA) is 66.9 Å². The molecule has 3 aromatic rings. The smallest absolute Gasteiger partial charge is 0.308 e. The van der Waals surface area contributed by atoms with Gasteiger partial charge in [-0.15, -0.1) is 10.2 Å². The lowest BCUT2D eigenvalue weighted by molar-refractivity contribution is 0.262. The summed E-state index contributed by atoms with van der Waals surface area (Å²) in [6.45, 7) is 4.06. The zero-order chi connectivity index (χ0) is 18.4. The van der Waals surface area contributed by atoms with E-state index in [1.807, 2.05) is 50.2 Å². The van der Waals surface area contributed by atoms with Crippen LogP contribution in [0.2, 0.25) is 0 Å². The van der Waals surface area contributed by atoms with E-state index in [9.17, 15) is 4.79 Å². The molecule has 2 amide bonds. The van der Waals surface area contributed by atoms with Crippen molar-refractivity contribution in [3.05, 3.63) is 65.2 Å². The first-order valence-corrected chi connectivity index (χ1v) is 10.1. The van der Waals surface area contributed by atoms with E-state index in [1.165, 1.54) is 22.5 Å². The molecule has 2 N–H and O–H groups in total. The molecule has 2 aromatic carbocycles. The number of hydrogen-bond donors (Lipinski definition) is 2. The number of amides is 2. The number of aryl methyl sites for hydroxylation is 3. The van der Waals surface area contributed by atoms with E-state index < -0.39 is 0 Å². The van der Waals surface area contributed by atoms with Crippen LogP contribution in [0.4, 0.5) is 15.6 Å². The van der Waals surface area contributed by atoms with Crippen LogP contribution in [-0.4, -0.2) is 22.0 Å². The second kappa shape index (κ2) is 8.82. The highest BCUT2D eigenvalue weighted by Crippen LogP contribution is 2.26. The molecule has 26 heavy (non-hydrogen) atoms. The third kappa shape index (κ3) is 5.31. The molecular weight excluding hydrogens is 364 g/mol. The van der Waals surface area contributed by atoms with Gasteiger partial charge in [0.2, 0.25) is 5.13 Å². The van der Waals surface area contributed by atoms with Crippen LogP contribution in [-0.2, 0) is 6.42 Å². The number of nitrogens with zero attached hydrogens (tertiary/aromatic N) is 2. The summed E-state index contributed by atoms with van der Waals surface area (Å²) in [5, 5.41) is 14.2. The second-order valence-corrected chi connectivity index (χ2v) is 8.15. The Hall–Kier alpha value is -2.38. The van der Waals surface area contributed by atoms with Gasteiger partial charge >= 0.3 is 6.03 Å². The number of benzene rings is 2. The minimum Gasteiger partial charge on any atom is -0.308 e. The van der Waals surface area contributed by atoms with Crippen molar-refractivity contribution in [2.45, 2.75) is 24.6 Å². The van der Waals surface area contributed by atoms with Crippen LogP contribution in [0.3, 0.4) is 0 Å². The molecule has 0 aliphatic heterocycles. The molecule has 1 heterocycles. The first-order valence-electron chi connectivity index (χ1n) is 8.25. The number of rotatable bonds is 6. The standard InChI is InChI=1S/C19H20N4OS2/c1-13-8-9-16(12-14(13)2)20-17(24)21-18-22-23-19(26-18)25-11-10-15-6-4-3-5-7-15/h3-9,12H,10-11H2,1-2H3,(H2,20,21,22,24). The minimum atomic E-state index is -0.315. The maximum absolute atomic E-state index is 12.1. The lowest BCUT2D eigenvalue weighted by atomic mass is 10.1. The average Bonchev–Trinajstić information content (AvgIpc) is 3.06. The van der Waals surface area contributed by atoms with E-state index >= 15 is 0 Å². The fraction of sp³-hybridized carbons (Fsp3) is 0.211. The van der Waals surface area contributed by atoms with Crippen LogP contribution in [0.1, 0.15) is 16.7 Å². The Morgan fingerprint density at radius 1 is 1.04 bits per heavy atom. The summed E-state index contributed by atoms with van der Waals surface area (Å²) in [4.78, 5) is 12.1. The first-order chi connectivity index (χ1) is 12.6. The first kappa shape index (κ1) is 18.4. The molecule has 0 saturated carbocycles. The summed E-state index contributed by atoms with van der Waals surface area (Å²) in [6, 6.07) is 15.8. The maximum Gasteiger partial charge on any atom is 0.325 e. The number of carbonyl (C=O) groups is 1. The Kier molecular flexibility index (Phi) is 6.25. The Balaban J connectivity index is 1.48. The summed E-state index contributed by atoms with van der Waals surface area (Å²) in [7, 11) is 0. The summed E-state index contributed by atoms with van der Waals surface area (Å²) in [5.74, 6) is 0.924. The Bertz CT molecular complexity index is 880. The Labute approximate surface area is 161 Å². The molecule has 0 radical (unpaired) electrons. The third-order valence-corrected chi connectivity index (χ3v) is 5.82. The van der Waals surface area contributed by atoms with Gasteiger partial charge in [0.05, 0.1) is 0 Å². The zero-order valence-electron chi connectivity index (χ0n) is 14.7. The van der Waals surface area contributed by atoms with E-state index in [-0.39, 0.29) is 6.03 Å². The van der Waals surface area contributed by atoms with Gasteiger partial charge in [-0.05, 0) is 49.1 Å². The molecule has 3 rings (SSSR count). The number of urea groups is 1. The van der Waals surface area contributed by atoms with Gasteiger partial charge in [-0.1, -0.05) is 59.5 Å². The molecular formula is C19H20N4OS2. The van der Waals surface area contributed by atoms with Crippen LogP contribution in [0, 0.1) is 13.8 Å². The molecule has 0 aliphatic rings. The molecule has 0 spiro atoms. The molecule has 1 aromatic heterocycles. The van der Waals surface area contributed by atoms with Gasteiger partial charge in [-0.3, -0.25) is 5.32 Å². The minimum absolute atomic E-state index is 0.315. The highest BCUT2D eigenvalue weighted by Gasteiger charge is 2.09. The van der Waals surface area contributed by atoms with Crippen molar-refractivity contribution in [3.8, 4) is 0 Å². The summed E-state index contributed by atoms with van der Waals surface area (Å²) < 4.78 is 0.849. The maximum atomic E-state index is 12.1. The van der Waals surface area contributed by atoms with Crippen molar-refractivity contribution >= 4 is 39.9 Å². The molecule has 134 valence electrons. The van der Waals surface area contributed by atoms with Gasteiger partial charge in [0.1, 0.15) is 0 Å². The van der Waals surface area contributed by atoms with Crippen molar-refractivity contribution in [3.63, 3.8) is 0 Å². The summed E-state index contributed by atoms with van der Waals surface area (Å²) >= 11 is 3.03. The predicted molar refractivity (Wildman–Crippen MR) is 109 cm³/mol. The van der Waals surface area contributed by atoms with Crippen molar-refractivity contribution in [1.82, 2.24) is 10.2 Å². The molecule has 0 aliphatic carbocycles. The molecule has 0 unspecified atom stereocenters. The van der Waals surface area contributed by atoms with Gasteiger partial charge in [0.15, 0.2) is 4.34 Å². The fourth-order valence-electron chi connectivity index (χ4n) is 2.30. The normalized spacial score (nSPS) is 10.5. The molecule has 0 atom stereocenters. The quantitative estimate of drug-likeness (QED) is 0.456. The number of nitrogens with one attached hydrogen (secondary N) is 2. The molecule has 7 heteroatoms. The predicted octanol–water partition coefficient (Wildman–Crippen LogP) is 5.13. The van der Waals surface area contributed by atoms with E-state index in [4.69, 9.17) is 0 Å². The highest BCUT2D eigenvalue weighted by atomic mass is 32.2. The monoisotopic (exact) mass is 384 g/mol. The average molecular weight is 385 g/mol. The van der Waals surface area contributed by atoms with Crippen molar-refractivity contribution < 1.29 is 4.79 Å². The molecule has 5 nitrogen and oxygen atoms in total. The van der Waals surface area contributed by atoms with Crippen molar-refractivity contribution in [2.75, 3.05) is 16.4 Å². The summed E-state index contributed by atoms with van der Waals surface area (Å²) in [5.41, 5.74) is 4.39. The number of thioether (sulfide) groups is 1. The third-order valence-electron chi connectivity index (χ3n) is 3.85. The number of hydrogen-bond acceptors (Lipinski definition) is 5. The highest BCUT2D eigenvalue weighted by molar-refractivity contribution is 8.01. The van der Waals surface area contributed by atoms with Crippen LogP contribution in [0.25, 0.3) is 0 Å². The zero-order valence-corrected chi connectivity index (χ0v) is 16.3. The number of anilines is 2. The van der Waals surface area contributed by atoms with E-state index in [2.05, 4.69) is 33.0 Å². The van der Waals surface area contributed by atoms with Crippen LogP contribution in [0.15, 0.2) is 52.9 Å². The van der Waals surface area contributed by atoms with Crippen molar-refractivity contribution in [2.24, 2.45) is 0 Å². The van der Waals surface area contributed by atoms with E-state index in [0.29, 0.717) is 5.13 Å². The van der Waals surface area contributed by atoms with Gasteiger partial charge in [-0.2, -0.15) is 0 Å². The molecule has 0 fully saturated rings. The van der Waals surface area contributed by atoms with Crippen LogP contribution in [0.5, 0.6) is 0 Å². The number of carbonyl (C=O) groups excluding carboxylic acids is 1. The van der Waals surface area contributed by atoms with E-state index in [1.54, 1.807) is 11.8 Å². The van der Waals surface area contributed by atoms with E-state index in [0.717, 1.165) is 27.8 Å². The van der Waals surface area contributed by atoms with Gasteiger partial charge < -0.3 is 5.32 Å². The molecule has 0 bridgehead atoms. The Morgan fingerprint density at radius 2 is 1.85 bits per heavy atom. The fourth-order valence-corrected chi connectivity index (χ4v) is 4.10. The van der Waals surface area contributed by atoms with Gasteiger partial charge in [-0.25, -0.2) is 4.79 Å². The van der Waals surface area contributed by atoms with Crippen LogP contribution >= 0.6 is 23.1 Å². The van der Waals surface area contributed by atoms with Gasteiger partial charge in [0.25, 0.3) is 0 Å². The van der Waals surface area contributed by atoms with Crippen LogP contribution < -0.4 is 10.6 Å². The SMILES string of the molecule is Cc1ccc(NC(=O)Nc2nnc(SCCc3ccccc3)s2)cc1C.